The minimum Gasteiger partial charge on any atom is -0.411 e. The van der Waals surface area contributed by atoms with Crippen LogP contribution in [0.3, 0.4) is 0 Å². The lowest BCUT2D eigenvalue weighted by Gasteiger charge is -2.57. The maximum atomic E-state index is 12.9. The summed E-state index contributed by atoms with van der Waals surface area (Å²) in [7, 11) is 0. The van der Waals surface area contributed by atoms with Crippen molar-refractivity contribution in [3.63, 3.8) is 0 Å². The summed E-state index contributed by atoms with van der Waals surface area (Å²) in [5.41, 5.74) is 2.10. The third kappa shape index (κ3) is 3.47. The number of benzene rings is 1. The number of carbonyl (C=O) groups is 1. The molecule has 4 saturated carbocycles. The Morgan fingerprint density at radius 3 is 2.50 bits per heavy atom. The number of hydrogen-bond acceptors (Lipinski definition) is 5. The van der Waals surface area contributed by atoms with Crippen LogP contribution in [0.15, 0.2) is 33.9 Å². The number of thioether (sulfide) groups is 1. The maximum absolute atomic E-state index is 12.9. The third-order valence-corrected chi connectivity index (χ3v) is 7.68. The van der Waals surface area contributed by atoms with Gasteiger partial charge in [0.05, 0.1) is 5.25 Å². The first-order valence-electron chi connectivity index (χ1n) is 10.4. The predicted molar refractivity (Wildman–Crippen MR) is 109 cm³/mol. The average molecular weight is 398 g/mol. The second kappa shape index (κ2) is 6.90. The molecule has 0 aliphatic heterocycles. The van der Waals surface area contributed by atoms with E-state index in [9.17, 15) is 4.79 Å². The molecule has 148 valence electrons. The van der Waals surface area contributed by atoms with Gasteiger partial charge < -0.3 is 9.73 Å². The molecule has 5 nitrogen and oxygen atoms in total. The van der Waals surface area contributed by atoms with E-state index in [2.05, 4.69) is 15.5 Å². The molecule has 0 unspecified atom stereocenters. The van der Waals surface area contributed by atoms with E-state index in [1.807, 2.05) is 38.1 Å². The Morgan fingerprint density at radius 2 is 1.86 bits per heavy atom. The van der Waals surface area contributed by atoms with E-state index in [-0.39, 0.29) is 16.7 Å². The van der Waals surface area contributed by atoms with Crippen LogP contribution >= 0.6 is 11.8 Å². The zero-order chi connectivity index (χ0) is 19.3. The number of rotatable bonds is 5. The van der Waals surface area contributed by atoms with Crippen LogP contribution in [0.1, 0.15) is 51.0 Å². The molecule has 0 spiro atoms. The van der Waals surface area contributed by atoms with Gasteiger partial charge in [-0.1, -0.05) is 29.5 Å². The van der Waals surface area contributed by atoms with Gasteiger partial charge in [0.25, 0.3) is 5.22 Å². The smallest absolute Gasteiger partial charge is 0.277 e. The van der Waals surface area contributed by atoms with Crippen molar-refractivity contribution in [3.05, 3.63) is 29.8 Å². The van der Waals surface area contributed by atoms with Crippen LogP contribution in [0.2, 0.25) is 0 Å². The first-order chi connectivity index (χ1) is 13.5. The van der Waals surface area contributed by atoms with Gasteiger partial charge in [-0.3, -0.25) is 4.79 Å². The molecule has 1 aromatic heterocycles. The summed E-state index contributed by atoms with van der Waals surface area (Å²) in [6.07, 6.45) is 7.63. The zero-order valence-electron chi connectivity index (χ0n) is 16.5. The highest BCUT2D eigenvalue weighted by molar-refractivity contribution is 8.00. The van der Waals surface area contributed by atoms with Gasteiger partial charge >= 0.3 is 0 Å². The van der Waals surface area contributed by atoms with Gasteiger partial charge in [-0.15, -0.1) is 10.2 Å². The van der Waals surface area contributed by atoms with Crippen molar-refractivity contribution in [3.8, 4) is 11.5 Å². The van der Waals surface area contributed by atoms with Crippen LogP contribution in [0, 0.1) is 24.7 Å². The Balaban J connectivity index is 1.24. The SMILES string of the molecule is Cc1cccc(-c2nnc(S[C@H](C)C(=O)NC34CC5CC(CC(C5)C3)C4)o2)c1. The normalized spacial score (nSPS) is 31.7. The number of nitrogens with one attached hydrogen (secondary N) is 1. The van der Waals surface area contributed by atoms with Crippen LogP contribution in [-0.4, -0.2) is 26.9 Å². The second-order valence-electron chi connectivity index (χ2n) is 9.19. The van der Waals surface area contributed by atoms with Crippen LogP contribution in [0.5, 0.6) is 0 Å². The van der Waals surface area contributed by atoms with E-state index < -0.39 is 0 Å². The van der Waals surface area contributed by atoms with Crippen LogP contribution < -0.4 is 5.32 Å². The lowest BCUT2D eigenvalue weighted by Crippen LogP contribution is -2.60. The maximum Gasteiger partial charge on any atom is 0.277 e. The van der Waals surface area contributed by atoms with E-state index in [1.54, 1.807) is 0 Å². The summed E-state index contributed by atoms with van der Waals surface area (Å²) in [6, 6.07) is 7.99. The lowest BCUT2D eigenvalue weighted by molar-refractivity contribution is -0.126. The molecule has 1 heterocycles. The highest BCUT2D eigenvalue weighted by atomic mass is 32.2. The summed E-state index contributed by atoms with van der Waals surface area (Å²) < 4.78 is 5.80. The first kappa shape index (κ1) is 18.2. The van der Waals surface area contributed by atoms with E-state index in [1.165, 1.54) is 50.3 Å². The van der Waals surface area contributed by atoms with Crippen molar-refractivity contribution < 1.29 is 9.21 Å². The van der Waals surface area contributed by atoms with Gasteiger partial charge in [0.15, 0.2) is 0 Å². The minimum atomic E-state index is -0.251. The van der Waals surface area contributed by atoms with E-state index in [4.69, 9.17) is 4.42 Å². The predicted octanol–water partition coefficient (Wildman–Crippen LogP) is 4.61. The molecular formula is C22H27N3O2S. The Labute approximate surface area is 170 Å². The fourth-order valence-electron chi connectivity index (χ4n) is 5.98. The molecule has 1 aromatic carbocycles. The molecule has 6 heteroatoms. The van der Waals surface area contributed by atoms with Crippen molar-refractivity contribution in [2.75, 3.05) is 0 Å². The van der Waals surface area contributed by atoms with E-state index >= 15 is 0 Å². The number of nitrogens with zero attached hydrogens (tertiary/aromatic N) is 2. The van der Waals surface area contributed by atoms with Gasteiger partial charge in [0, 0.05) is 11.1 Å². The quantitative estimate of drug-likeness (QED) is 0.746. The lowest BCUT2D eigenvalue weighted by atomic mass is 9.53. The summed E-state index contributed by atoms with van der Waals surface area (Å²) in [5, 5.41) is 11.9. The van der Waals surface area contributed by atoms with Gasteiger partial charge in [-0.25, -0.2) is 0 Å². The van der Waals surface area contributed by atoms with Crippen molar-refractivity contribution in [1.82, 2.24) is 15.5 Å². The van der Waals surface area contributed by atoms with E-state index in [0.29, 0.717) is 11.1 Å². The molecular weight excluding hydrogens is 370 g/mol. The summed E-state index contributed by atoms with van der Waals surface area (Å²) in [4.78, 5) is 12.9. The molecule has 4 bridgehead atoms. The highest BCUT2D eigenvalue weighted by Gasteiger charge is 2.51. The number of carbonyl (C=O) groups excluding carboxylic acids is 1. The molecule has 1 N–H and O–H groups in total. The monoisotopic (exact) mass is 397 g/mol. The molecule has 4 aliphatic carbocycles. The van der Waals surface area contributed by atoms with Gasteiger partial charge in [-0.05, 0) is 82.3 Å². The average Bonchev–Trinajstić information content (AvgIpc) is 3.08. The fraction of sp³-hybridized carbons (Fsp3) is 0.591. The molecule has 0 saturated heterocycles. The van der Waals surface area contributed by atoms with Crippen LogP contribution in [-0.2, 0) is 4.79 Å². The minimum absolute atomic E-state index is 0.0439. The topological polar surface area (TPSA) is 68.0 Å². The first-order valence-corrected chi connectivity index (χ1v) is 11.3. The van der Waals surface area contributed by atoms with Crippen molar-refractivity contribution >= 4 is 17.7 Å². The Hall–Kier alpha value is -1.82. The van der Waals surface area contributed by atoms with Crippen molar-refractivity contribution in [1.29, 1.82) is 0 Å². The molecule has 4 fully saturated rings. The molecule has 1 amide bonds. The van der Waals surface area contributed by atoms with Crippen LogP contribution in [0.25, 0.3) is 11.5 Å². The third-order valence-electron chi connectivity index (χ3n) is 6.74. The van der Waals surface area contributed by atoms with Crippen molar-refractivity contribution in [2.45, 2.75) is 68.4 Å². The number of amides is 1. The number of hydrogen-bond donors (Lipinski definition) is 1. The van der Waals surface area contributed by atoms with Gasteiger partial charge in [0.1, 0.15) is 0 Å². The molecule has 2 aromatic rings. The molecule has 1 atom stereocenters. The Kier molecular flexibility index (Phi) is 4.49. The standard InChI is InChI=1S/C22H27N3O2S/c1-13-4-3-5-18(6-13)20-24-25-21(27-20)28-14(2)19(26)23-22-10-15-7-16(11-22)9-17(8-15)12-22/h3-6,14-17H,7-12H2,1-2H3,(H,23,26)/t14-,15?,16?,17?,22?/m1/s1. The summed E-state index contributed by atoms with van der Waals surface area (Å²) in [6.45, 7) is 3.96. The van der Waals surface area contributed by atoms with E-state index in [0.717, 1.165) is 28.9 Å². The summed E-state index contributed by atoms with van der Waals surface area (Å²) in [5.74, 6) is 3.06. The molecule has 6 rings (SSSR count). The number of aromatic nitrogens is 2. The summed E-state index contributed by atoms with van der Waals surface area (Å²) >= 11 is 1.35. The largest absolute Gasteiger partial charge is 0.411 e. The highest BCUT2D eigenvalue weighted by Crippen LogP contribution is 2.55. The molecule has 28 heavy (non-hydrogen) atoms. The Morgan fingerprint density at radius 1 is 1.18 bits per heavy atom. The van der Waals surface area contributed by atoms with Gasteiger partial charge in [0.2, 0.25) is 11.8 Å². The zero-order valence-corrected chi connectivity index (χ0v) is 17.3. The number of aryl methyl sites for hydroxylation is 1. The Bertz CT molecular complexity index is 858. The van der Waals surface area contributed by atoms with Crippen LogP contribution in [0.4, 0.5) is 0 Å². The molecule has 4 aliphatic rings. The van der Waals surface area contributed by atoms with Gasteiger partial charge in [-0.2, -0.15) is 0 Å². The molecule has 0 radical (unpaired) electrons. The van der Waals surface area contributed by atoms with Crippen molar-refractivity contribution in [2.24, 2.45) is 17.8 Å². The second-order valence-corrected chi connectivity index (χ2v) is 10.5. The fourth-order valence-corrected chi connectivity index (χ4v) is 6.67.